The smallest absolute Gasteiger partial charge is 0.103 e. The molecular formula is C20H18N4. The van der Waals surface area contributed by atoms with Gasteiger partial charge in [-0.25, -0.2) is 0 Å². The highest BCUT2D eigenvalue weighted by molar-refractivity contribution is 5.94. The van der Waals surface area contributed by atoms with Gasteiger partial charge in [-0.15, -0.1) is 0 Å². The summed E-state index contributed by atoms with van der Waals surface area (Å²) < 4.78 is 0. The zero-order valence-electron chi connectivity index (χ0n) is 13.4. The second-order valence-corrected chi connectivity index (χ2v) is 5.96. The average Bonchev–Trinajstić information content (AvgIpc) is 2.68. The highest BCUT2D eigenvalue weighted by Gasteiger charge is 2.21. The number of nitrogens with zero attached hydrogens (tertiary/aromatic N) is 4. The van der Waals surface area contributed by atoms with Gasteiger partial charge >= 0.3 is 0 Å². The van der Waals surface area contributed by atoms with Crippen LogP contribution in [0.2, 0.25) is 0 Å². The monoisotopic (exact) mass is 314 g/mol. The van der Waals surface area contributed by atoms with Crippen LogP contribution in [-0.2, 0) is 0 Å². The van der Waals surface area contributed by atoms with Crippen molar-refractivity contribution in [1.29, 1.82) is 5.26 Å². The van der Waals surface area contributed by atoms with Crippen LogP contribution in [0.25, 0.3) is 10.9 Å². The van der Waals surface area contributed by atoms with Crippen LogP contribution < -0.4 is 9.80 Å². The quantitative estimate of drug-likeness (QED) is 0.727. The van der Waals surface area contributed by atoms with Crippen molar-refractivity contribution in [3.05, 3.63) is 66.4 Å². The first-order valence-corrected chi connectivity index (χ1v) is 8.19. The Bertz CT molecular complexity index is 890. The standard InChI is InChI=1S/C20H18N4/c21-14-16-15-22-19-9-5-4-8-18(19)20(16)24-12-10-23(11-13-24)17-6-2-1-3-7-17/h1-9,15H,10-13H2. The number of anilines is 2. The van der Waals surface area contributed by atoms with Gasteiger partial charge in [0.15, 0.2) is 0 Å². The van der Waals surface area contributed by atoms with Crippen molar-refractivity contribution in [2.75, 3.05) is 36.0 Å². The summed E-state index contributed by atoms with van der Waals surface area (Å²) in [7, 11) is 0. The summed E-state index contributed by atoms with van der Waals surface area (Å²) in [6, 6.07) is 20.9. The molecule has 118 valence electrons. The van der Waals surface area contributed by atoms with Crippen molar-refractivity contribution in [3.63, 3.8) is 0 Å². The average molecular weight is 314 g/mol. The van der Waals surface area contributed by atoms with Crippen LogP contribution in [0, 0.1) is 11.3 Å². The minimum Gasteiger partial charge on any atom is -0.368 e. The maximum Gasteiger partial charge on any atom is 0.103 e. The van der Waals surface area contributed by atoms with Crippen LogP contribution in [0.1, 0.15) is 5.56 Å². The molecule has 2 heterocycles. The number of rotatable bonds is 2. The van der Waals surface area contributed by atoms with Gasteiger partial charge in [0.1, 0.15) is 6.07 Å². The van der Waals surface area contributed by atoms with Gasteiger partial charge in [-0.2, -0.15) is 5.26 Å². The predicted octanol–water partition coefficient (Wildman–Crippen LogP) is 3.43. The molecule has 0 N–H and O–H groups in total. The molecule has 2 aromatic carbocycles. The van der Waals surface area contributed by atoms with E-state index in [-0.39, 0.29) is 0 Å². The number of nitriles is 1. The summed E-state index contributed by atoms with van der Waals surface area (Å²) in [5, 5.41) is 10.6. The molecule has 4 heteroatoms. The van der Waals surface area contributed by atoms with Crippen LogP contribution in [-0.4, -0.2) is 31.2 Å². The summed E-state index contributed by atoms with van der Waals surface area (Å²) in [5.74, 6) is 0. The molecule has 24 heavy (non-hydrogen) atoms. The highest BCUT2D eigenvalue weighted by atomic mass is 15.3. The number of hydrogen-bond acceptors (Lipinski definition) is 4. The van der Waals surface area contributed by atoms with Gasteiger partial charge in [0.2, 0.25) is 0 Å². The predicted molar refractivity (Wildman–Crippen MR) is 97.3 cm³/mol. The maximum atomic E-state index is 9.51. The third kappa shape index (κ3) is 2.55. The van der Waals surface area contributed by atoms with E-state index in [9.17, 15) is 5.26 Å². The number of para-hydroxylation sites is 2. The van der Waals surface area contributed by atoms with Gasteiger partial charge in [0, 0.05) is 43.4 Å². The fraction of sp³-hybridized carbons (Fsp3) is 0.200. The fourth-order valence-electron chi connectivity index (χ4n) is 3.38. The zero-order chi connectivity index (χ0) is 16.4. The van der Waals surface area contributed by atoms with E-state index in [1.54, 1.807) is 6.20 Å². The Balaban J connectivity index is 1.64. The minimum absolute atomic E-state index is 0.655. The zero-order valence-corrected chi connectivity index (χ0v) is 13.4. The third-order valence-corrected chi connectivity index (χ3v) is 4.58. The van der Waals surface area contributed by atoms with Crippen LogP contribution in [0.15, 0.2) is 60.8 Å². The van der Waals surface area contributed by atoms with Crippen molar-refractivity contribution in [3.8, 4) is 6.07 Å². The van der Waals surface area contributed by atoms with Gasteiger partial charge in [0.05, 0.1) is 16.8 Å². The molecule has 1 saturated heterocycles. The van der Waals surface area contributed by atoms with Gasteiger partial charge in [-0.3, -0.25) is 4.98 Å². The van der Waals surface area contributed by atoms with E-state index >= 15 is 0 Å². The Morgan fingerprint density at radius 2 is 1.50 bits per heavy atom. The van der Waals surface area contributed by atoms with E-state index in [0.717, 1.165) is 42.8 Å². The molecular weight excluding hydrogens is 296 g/mol. The van der Waals surface area contributed by atoms with Crippen LogP contribution in [0.3, 0.4) is 0 Å². The Hall–Kier alpha value is -3.06. The first-order chi connectivity index (χ1) is 11.9. The maximum absolute atomic E-state index is 9.51. The summed E-state index contributed by atoms with van der Waals surface area (Å²) in [6.45, 7) is 3.70. The van der Waals surface area contributed by atoms with Gasteiger partial charge in [0.25, 0.3) is 0 Å². The number of benzene rings is 2. The lowest BCUT2D eigenvalue weighted by Crippen LogP contribution is -2.46. The number of pyridine rings is 1. The lowest BCUT2D eigenvalue weighted by atomic mass is 10.1. The van der Waals surface area contributed by atoms with Gasteiger partial charge in [-0.1, -0.05) is 36.4 Å². The Kier molecular flexibility index (Phi) is 3.76. The molecule has 1 aliphatic rings. The lowest BCUT2D eigenvalue weighted by molar-refractivity contribution is 0.654. The molecule has 1 fully saturated rings. The molecule has 0 amide bonds. The van der Waals surface area contributed by atoms with Crippen molar-refractivity contribution in [1.82, 2.24) is 4.98 Å². The summed E-state index contributed by atoms with van der Waals surface area (Å²) >= 11 is 0. The van der Waals surface area contributed by atoms with Crippen molar-refractivity contribution >= 4 is 22.3 Å². The van der Waals surface area contributed by atoms with E-state index in [1.807, 2.05) is 24.3 Å². The first kappa shape index (κ1) is 14.5. The Morgan fingerprint density at radius 3 is 2.25 bits per heavy atom. The van der Waals surface area contributed by atoms with Crippen LogP contribution in [0.5, 0.6) is 0 Å². The molecule has 0 radical (unpaired) electrons. The van der Waals surface area contributed by atoms with Crippen molar-refractivity contribution in [2.45, 2.75) is 0 Å². The molecule has 0 aliphatic carbocycles. The van der Waals surface area contributed by atoms with Gasteiger partial charge < -0.3 is 9.80 Å². The molecule has 0 atom stereocenters. The number of hydrogen-bond donors (Lipinski definition) is 0. The number of aromatic nitrogens is 1. The van der Waals surface area contributed by atoms with E-state index in [1.165, 1.54) is 5.69 Å². The summed E-state index contributed by atoms with van der Waals surface area (Å²) in [6.07, 6.45) is 1.70. The second kappa shape index (κ2) is 6.21. The minimum atomic E-state index is 0.655. The molecule has 0 spiro atoms. The normalized spacial score (nSPS) is 14.6. The van der Waals surface area contributed by atoms with Crippen molar-refractivity contribution in [2.24, 2.45) is 0 Å². The molecule has 4 rings (SSSR count). The molecule has 1 aromatic heterocycles. The molecule has 0 saturated carbocycles. The van der Waals surface area contributed by atoms with E-state index in [0.29, 0.717) is 5.56 Å². The first-order valence-electron chi connectivity index (χ1n) is 8.19. The summed E-state index contributed by atoms with van der Waals surface area (Å²) in [4.78, 5) is 9.13. The third-order valence-electron chi connectivity index (χ3n) is 4.58. The van der Waals surface area contributed by atoms with Crippen molar-refractivity contribution < 1.29 is 0 Å². The summed E-state index contributed by atoms with van der Waals surface area (Å²) in [5.41, 5.74) is 3.88. The second-order valence-electron chi connectivity index (χ2n) is 5.96. The fourth-order valence-corrected chi connectivity index (χ4v) is 3.38. The Morgan fingerprint density at radius 1 is 0.833 bits per heavy atom. The molecule has 1 aliphatic heterocycles. The number of piperazine rings is 1. The topological polar surface area (TPSA) is 43.2 Å². The Labute approximate surface area is 141 Å². The molecule has 4 nitrogen and oxygen atoms in total. The SMILES string of the molecule is N#Cc1cnc2ccccc2c1N1CCN(c2ccccc2)CC1. The highest BCUT2D eigenvalue weighted by Crippen LogP contribution is 2.30. The lowest BCUT2D eigenvalue weighted by Gasteiger charge is -2.38. The van der Waals surface area contributed by atoms with E-state index in [4.69, 9.17) is 0 Å². The van der Waals surface area contributed by atoms with Crippen LogP contribution >= 0.6 is 0 Å². The molecule has 0 bridgehead atoms. The largest absolute Gasteiger partial charge is 0.368 e. The van der Waals surface area contributed by atoms with E-state index < -0.39 is 0 Å². The van der Waals surface area contributed by atoms with Crippen LogP contribution in [0.4, 0.5) is 11.4 Å². The van der Waals surface area contributed by atoms with Gasteiger partial charge in [-0.05, 0) is 18.2 Å². The van der Waals surface area contributed by atoms with E-state index in [2.05, 4.69) is 51.2 Å². The molecule has 0 unspecified atom stereocenters. The number of fused-ring (bicyclic) bond motifs is 1. The molecule has 3 aromatic rings.